The van der Waals surface area contributed by atoms with Gasteiger partial charge in [-0.05, 0) is 56.5 Å². The third-order valence-electron chi connectivity index (χ3n) is 3.33. The minimum Gasteiger partial charge on any atom is -0.317 e. The first-order valence-corrected chi connectivity index (χ1v) is 6.98. The summed E-state index contributed by atoms with van der Waals surface area (Å²) >= 11 is 1.89. The maximum absolute atomic E-state index is 3.46. The summed E-state index contributed by atoms with van der Waals surface area (Å²) in [5.74, 6) is 0.997. The molecule has 84 valence electrons. The van der Waals surface area contributed by atoms with Crippen LogP contribution in [0.3, 0.4) is 0 Å². The predicted molar refractivity (Wildman–Crippen MR) is 67.4 cm³/mol. The highest BCUT2D eigenvalue weighted by molar-refractivity contribution is 7.09. The zero-order valence-electron chi connectivity index (χ0n) is 9.54. The van der Waals surface area contributed by atoms with Crippen LogP contribution in [0.1, 0.15) is 37.0 Å². The first-order valence-electron chi connectivity index (χ1n) is 6.10. The van der Waals surface area contributed by atoms with Crippen molar-refractivity contribution in [1.29, 1.82) is 0 Å². The van der Waals surface area contributed by atoms with Gasteiger partial charge in [0, 0.05) is 10.9 Å². The van der Waals surface area contributed by atoms with Gasteiger partial charge < -0.3 is 5.32 Å². The number of aryl methyl sites for hydroxylation is 1. The molecule has 1 heterocycles. The second kappa shape index (κ2) is 5.66. The number of hydrogen-bond acceptors (Lipinski definition) is 2. The second-order valence-electron chi connectivity index (χ2n) is 4.56. The van der Waals surface area contributed by atoms with E-state index in [9.17, 15) is 0 Å². The van der Waals surface area contributed by atoms with Gasteiger partial charge in [0.15, 0.2) is 0 Å². The minimum atomic E-state index is 0.799. The van der Waals surface area contributed by atoms with Gasteiger partial charge in [0.25, 0.3) is 0 Å². The van der Waals surface area contributed by atoms with Crippen molar-refractivity contribution < 1.29 is 0 Å². The topological polar surface area (TPSA) is 12.0 Å². The summed E-state index contributed by atoms with van der Waals surface area (Å²) in [6.07, 6.45) is 8.28. The summed E-state index contributed by atoms with van der Waals surface area (Å²) in [7, 11) is 2.11. The molecule has 2 heteroatoms. The molecule has 0 saturated heterocycles. The maximum Gasteiger partial charge on any atom is 0.00923 e. The van der Waals surface area contributed by atoms with Gasteiger partial charge in [0.05, 0.1) is 0 Å². The Balaban J connectivity index is 1.58. The fourth-order valence-electron chi connectivity index (χ4n) is 2.23. The summed E-state index contributed by atoms with van der Waals surface area (Å²) in [5.41, 5.74) is 0. The molecule has 0 aliphatic heterocycles. The predicted octanol–water partition coefficient (Wildman–Crippen LogP) is 3.46. The molecule has 1 aliphatic carbocycles. The molecule has 0 aromatic carbocycles. The van der Waals surface area contributed by atoms with Crippen LogP contribution in [-0.4, -0.2) is 13.1 Å². The third kappa shape index (κ3) is 3.62. The van der Waals surface area contributed by atoms with Crippen molar-refractivity contribution in [2.24, 2.45) is 5.92 Å². The van der Waals surface area contributed by atoms with Gasteiger partial charge in [-0.1, -0.05) is 12.5 Å². The molecular formula is C13H21NS. The van der Waals surface area contributed by atoms with Crippen molar-refractivity contribution in [2.75, 3.05) is 7.05 Å². The Morgan fingerprint density at radius 3 is 2.93 bits per heavy atom. The van der Waals surface area contributed by atoms with Crippen molar-refractivity contribution in [3.05, 3.63) is 22.4 Å². The summed E-state index contributed by atoms with van der Waals surface area (Å²) < 4.78 is 0. The van der Waals surface area contributed by atoms with Crippen LogP contribution < -0.4 is 5.32 Å². The zero-order chi connectivity index (χ0) is 10.5. The Morgan fingerprint density at radius 1 is 1.47 bits per heavy atom. The molecule has 1 atom stereocenters. The average molecular weight is 223 g/mol. The maximum atomic E-state index is 3.46. The molecule has 15 heavy (non-hydrogen) atoms. The van der Waals surface area contributed by atoms with Crippen molar-refractivity contribution in [1.82, 2.24) is 5.32 Å². The SMILES string of the molecule is CNC(CCCCc1cccs1)C1CC1. The van der Waals surface area contributed by atoms with E-state index >= 15 is 0 Å². The lowest BCUT2D eigenvalue weighted by atomic mass is 10.0. The van der Waals surface area contributed by atoms with Crippen molar-refractivity contribution in [3.63, 3.8) is 0 Å². The van der Waals surface area contributed by atoms with Gasteiger partial charge in [-0.2, -0.15) is 0 Å². The molecule has 0 spiro atoms. The van der Waals surface area contributed by atoms with Gasteiger partial charge >= 0.3 is 0 Å². The van der Waals surface area contributed by atoms with Crippen molar-refractivity contribution in [2.45, 2.75) is 44.6 Å². The Bertz CT molecular complexity index is 264. The molecule has 1 fully saturated rings. The van der Waals surface area contributed by atoms with E-state index in [-0.39, 0.29) is 0 Å². The summed E-state index contributed by atoms with van der Waals surface area (Å²) in [6, 6.07) is 5.20. The van der Waals surface area contributed by atoms with Gasteiger partial charge in [-0.25, -0.2) is 0 Å². The Kier molecular flexibility index (Phi) is 4.21. The van der Waals surface area contributed by atoms with Gasteiger partial charge in [-0.15, -0.1) is 11.3 Å². The van der Waals surface area contributed by atoms with Crippen LogP contribution in [-0.2, 0) is 6.42 Å². The van der Waals surface area contributed by atoms with E-state index in [1.165, 1.54) is 38.5 Å². The molecule has 0 amide bonds. The zero-order valence-corrected chi connectivity index (χ0v) is 10.4. The molecule has 1 saturated carbocycles. The van der Waals surface area contributed by atoms with E-state index in [1.807, 2.05) is 11.3 Å². The quantitative estimate of drug-likeness (QED) is 0.698. The van der Waals surface area contributed by atoms with Crippen molar-refractivity contribution >= 4 is 11.3 Å². The number of unbranched alkanes of at least 4 members (excludes halogenated alkanes) is 1. The Morgan fingerprint density at radius 2 is 2.33 bits per heavy atom. The number of thiophene rings is 1. The third-order valence-corrected chi connectivity index (χ3v) is 4.27. The lowest BCUT2D eigenvalue weighted by Gasteiger charge is -2.14. The van der Waals surface area contributed by atoms with Gasteiger partial charge in [0.1, 0.15) is 0 Å². The smallest absolute Gasteiger partial charge is 0.00923 e. The van der Waals surface area contributed by atoms with Crippen molar-refractivity contribution in [3.8, 4) is 0 Å². The summed E-state index contributed by atoms with van der Waals surface area (Å²) in [4.78, 5) is 1.54. The van der Waals surface area contributed by atoms with E-state index in [1.54, 1.807) is 4.88 Å². The fourth-order valence-corrected chi connectivity index (χ4v) is 2.98. The van der Waals surface area contributed by atoms with Crippen LogP contribution in [0.25, 0.3) is 0 Å². The highest BCUT2D eigenvalue weighted by atomic mass is 32.1. The van der Waals surface area contributed by atoms with E-state index in [0.29, 0.717) is 0 Å². The van der Waals surface area contributed by atoms with Crippen LogP contribution >= 0.6 is 11.3 Å². The normalized spacial score (nSPS) is 17.9. The van der Waals surface area contributed by atoms with Crippen LogP contribution in [0, 0.1) is 5.92 Å². The fraction of sp³-hybridized carbons (Fsp3) is 0.692. The number of hydrogen-bond donors (Lipinski definition) is 1. The summed E-state index contributed by atoms with van der Waals surface area (Å²) in [5, 5.41) is 5.64. The van der Waals surface area contributed by atoms with E-state index < -0.39 is 0 Å². The molecule has 1 nitrogen and oxygen atoms in total. The van der Waals surface area contributed by atoms with E-state index in [2.05, 4.69) is 29.9 Å². The monoisotopic (exact) mass is 223 g/mol. The molecule has 1 aromatic rings. The summed E-state index contributed by atoms with van der Waals surface area (Å²) in [6.45, 7) is 0. The Hall–Kier alpha value is -0.340. The highest BCUT2D eigenvalue weighted by Crippen LogP contribution is 2.34. The molecule has 0 radical (unpaired) electrons. The number of nitrogens with one attached hydrogen (secondary N) is 1. The first kappa shape index (κ1) is 11.2. The molecule has 1 unspecified atom stereocenters. The van der Waals surface area contributed by atoms with Gasteiger partial charge in [0.2, 0.25) is 0 Å². The number of rotatable bonds is 7. The second-order valence-corrected chi connectivity index (χ2v) is 5.59. The van der Waals surface area contributed by atoms with Crippen LogP contribution in [0.5, 0.6) is 0 Å². The molecule has 1 aliphatic rings. The van der Waals surface area contributed by atoms with E-state index in [0.717, 1.165) is 12.0 Å². The Labute approximate surface area is 96.9 Å². The average Bonchev–Trinajstić information content (AvgIpc) is 2.95. The highest BCUT2D eigenvalue weighted by Gasteiger charge is 2.29. The van der Waals surface area contributed by atoms with Gasteiger partial charge in [-0.3, -0.25) is 0 Å². The largest absolute Gasteiger partial charge is 0.317 e. The van der Waals surface area contributed by atoms with E-state index in [4.69, 9.17) is 0 Å². The lowest BCUT2D eigenvalue weighted by molar-refractivity contribution is 0.450. The standard InChI is InChI=1S/C13H21NS/c1-14-13(11-8-9-11)7-3-2-5-12-6-4-10-15-12/h4,6,10-11,13-14H,2-3,5,7-9H2,1H3. The first-order chi connectivity index (χ1) is 7.40. The van der Waals surface area contributed by atoms with Crippen LogP contribution in [0.4, 0.5) is 0 Å². The molecule has 0 bridgehead atoms. The molecule has 2 rings (SSSR count). The lowest BCUT2D eigenvalue weighted by Crippen LogP contribution is -2.27. The molecular weight excluding hydrogens is 202 g/mol. The minimum absolute atomic E-state index is 0.799. The molecule has 1 N–H and O–H groups in total. The van der Waals surface area contributed by atoms with Crippen LogP contribution in [0.2, 0.25) is 0 Å². The molecule has 1 aromatic heterocycles. The van der Waals surface area contributed by atoms with Crippen LogP contribution in [0.15, 0.2) is 17.5 Å².